The van der Waals surface area contributed by atoms with Gasteiger partial charge >= 0.3 is 0 Å². The lowest BCUT2D eigenvalue weighted by Crippen LogP contribution is -2.14. The minimum Gasteiger partial charge on any atom is -0.324 e. The molecule has 9 heteroatoms. The Morgan fingerprint density at radius 2 is 1.90 bits per heavy atom. The molecule has 0 aliphatic heterocycles. The molecule has 4 rings (SSSR count). The quantitative estimate of drug-likeness (QED) is 0.433. The number of nitrogens with one attached hydrogen (secondary N) is 1. The summed E-state index contributed by atoms with van der Waals surface area (Å²) in [7, 11) is 3.76. The molecule has 0 spiro atoms. The van der Waals surface area contributed by atoms with Crippen LogP contribution in [0.2, 0.25) is 5.02 Å². The fourth-order valence-corrected chi connectivity index (χ4v) is 4.17. The normalized spacial score (nSPS) is 11.0. The summed E-state index contributed by atoms with van der Waals surface area (Å²) in [5.41, 5.74) is 4.35. The third kappa shape index (κ3) is 4.65. The number of aryl methyl sites for hydroxylation is 2. The summed E-state index contributed by atoms with van der Waals surface area (Å²) in [6.07, 6.45) is 1.92. The zero-order chi connectivity index (χ0) is 22.0. The van der Waals surface area contributed by atoms with Crippen molar-refractivity contribution in [2.24, 2.45) is 14.1 Å². The zero-order valence-electron chi connectivity index (χ0n) is 17.3. The third-order valence-electron chi connectivity index (χ3n) is 4.68. The predicted molar refractivity (Wildman–Crippen MR) is 124 cm³/mol. The highest BCUT2D eigenvalue weighted by molar-refractivity contribution is 7.99. The van der Waals surface area contributed by atoms with Crippen molar-refractivity contribution in [2.75, 3.05) is 11.1 Å². The van der Waals surface area contributed by atoms with Crippen molar-refractivity contribution in [3.05, 3.63) is 65.3 Å². The minimum atomic E-state index is -0.161. The molecular weight excluding hydrogens is 432 g/mol. The lowest BCUT2D eigenvalue weighted by molar-refractivity contribution is -0.113. The summed E-state index contributed by atoms with van der Waals surface area (Å²) in [5, 5.41) is 17.2. The Bertz CT molecular complexity index is 1230. The van der Waals surface area contributed by atoms with Gasteiger partial charge in [-0.05, 0) is 24.6 Å². The van der Waals surface area contributed by atoms with Gasteiger partial charge in [-0.25, -0.2) is 0 Å². The second-order valence-electron chi connectivity index (χ2n) is 7.12. The molecule has 0 atom stereocenters. The molecule has 0 unspecified atom stereocenters. The van der Waals surface area contributed by atoms with Gasteiger partial charge in [-0.15, -0.1) is 10.2 Å². The molecule has 158 valence electrons. The summed E-state index contributed by atoms with van der Waals surface area (Å²) in [6, 6.07) is 15.5. The Morgan fingerprint density at radius 1 is 1.13 bits per heavy atom. The van der Waals surface area contributed by atoms with Gasteiger partial charge in [0.2, 0.25) is 5.91 Å². The number of anilines is 1. The monoisotopic (exact) mass is 452 g/mol. The van der Waals surface area contributed by atoms with E-state index in [1.165, 1.54) is 11.8 Å². The molecule has 0 fully saturated rings. The predicted octanol–water partition coefficient (Wildman–Crippen LogP) is 4.58. The van der Waals surface area contributed by atoms with Crippen LogP contribution in [0.4, 0.5) is 5.69 Å². The number of hydrogen-bond acceptors (Lipinski definition) is 5. The van der Waals surface area contributed by atoms with Gasteiger partial charge in [0.25, 0.3) is 0 Å². The van der Waals surface area contributed by atoms with Gasteiger partial charge in [-0.3, -0.25) is 9.48 Å². The average molecular weight is 453 g/mol. The molecule has 2 aromatic carbocycles. The molecule has 1 N–H and O–H groups in total. The molecule has 2 aromatic heterocycles. The highest BCUT2D eigenvalue weighted by Crippen LogP contribution is 2.31. The number of nitrogens with zero attached hydrogens (tertiary/aromatic N) is 5. The van der Waals surface area contributed by atoms with Crippen LogP contribution >= 0.6 is 23.4 Å². The van der Waals surface area contributed by atoms with E-state index < -0.39 is 0 Å². The Labute approximate surface area is 189 Å². The van der Waals surface area contributed by atoms with Crippen molar-refractivity contribution in [3.63, 3.8) is 0 Å². The van der Waals surface area contributed by atoms with E-state index in [1.54, 1.807) is 10.7 Å². The van der Waals surface area contributed by atoms with Crippen molar-refractivity contribution in [1.29, 1.82) is 0 Å². The Hall–Kier alpha value is -3.10. The molecule has 0 aliphatic carbocycles. The number of hydrogen-bond donors (Lipinski definition) is 1. The molecular formula is C22H21ClN6OS. The minimum absolute atomic E-state index is 0.161. The molecule has 4 aromatic rings. The average Bonchev–Trinajstić information content (AvgIpc) is 3.31. The molecule has 7 nitrogen and oxygen atoms in total. The van der Waals surface area contributed by atoms with Crippen LogP contribution in [0.25, 0.3) is 22.6 Å². The Balaban J connectivity index is 1.50. The topological polar surface area (TPSA) is 77.6 Å². The van der Waals surface area contributed by atoms with Crippen LogP contribution in [0.5, 0.6) is 0 Å². The molecule has 0 bridgehead atoms. The summed E-state index contributed by atoms with van der Waals surface area (Å²) < 4.78 is 3.64. The van der Waals surface area contributed by atoms with Crippen LogP contribution in [0, 0.1) is 6.92 Å². The van der Waals surface area contributed by atoms with E-state index in [2.05, 4.69) is 20.6 Å². The number of carbonyl (C=O) groups is 1. The highest BCUT2D eigenvalue weighted by Gasteiger charge is 2.19. The van der Waals surface area contributed by atoms with E-state index in [0.717, 1.165) is 22.4 Å². The summed E-state index contributed by atoms with van der Waals surface area (Å²) >= 11 is 7.51. The number of rotatable bonds is 6. The van der Waals surface area contributed by atoms with Crippen LogP contribution in [0.3, 0.4) is 0 Å². The van der Waals surface area contributed by atoms with Crippen molar-refractivity contribution in [1.82, 2.24) is 24.5 Å². The maximum absolute atomic E-state index is 12.4. The van der Waals surface area contributed by atoms with E-state index >= 15 is 0 Å². The largest absolute Gasteiger partial charge is 0.324 e. The first-order chi connectivity index (χ1) is 14.9. The summed E-state index contributed by atoms with van der Waals surface area (Å²) in [6.45, 7) is 1.95. The second-order valence-corrected chi connectivity index (χ2v) is 8.47. The first-order valence-electron chi connectivity index (χ1n) is 9.60. The summed E-state index contributed by atoms with van der Waals surface area (Å²) in [5.74, 6) is 0.720. The first kappa shape index (κ1) is 21.1. The molecule has 0 aliphatic rings. The van der Waals surface area contributed by atoms with Crippen molar-refractivity contribution in [2.45, 2.75) is 12.1 Å². The van der Waals surface area contributed by atoms with E-state index in [-0.39, 0.29) is 11.7 Å². The van der Waals surface area contributed by atoms with Crippen LogP contribution < -0.4 is 5.32 Å². The molecule has 31 heavy (non-hydrogen) atoms. The van der Waals surface area contributed by atoms with E-state index in [4.69, 9.17) is 11.6 Å². The third-order valence-corrected chi connectivity index (χ3v) is 6.02. The van der Waals surface area contributed by atoms with Gasteiger partial charge in [0, 0.05) is 25.9 Å². The van der Waals surface area contributed by atoms with Gasteiger partial charge in [0.15, 0.2) is 11.0 Å². The van der Waals surface area contributed by atoms with Crippen molar-refractivity contribution < 1.29 is 4.79 Å². The molecule has 1 amide bonds. The molecule has 0 saturated heterocycles. The maximum Gasteiger partial charge on any atom is 0.234 e. The highest BCUT2D eigenvalue weighted by atomic mass is 35.5. The Kier molecular flexibility index (Phi) is 6.11. The maximum atomic E-state index is 12.4. The zero-order valence-corrected chi connectivity index (χ0v) is 18.9. The lowest BCUT2D eigenvalue weighted by atomic mass is 10.1. The SMILES string of the molecule is Cc1ccc(NC(=O)CSc2nnc(-c3cn(C)nc3-c3ccccc3)n2C)c(Cl)c1. The lowest BCUT2D eigenvalue weighted by Gasteiger charge is -2.08. The molecule has 2 heterocycles. The number of amides is 1. The van der Waals surface area contributed by atoms with Gasteiger partial charge < -0.3 is 9.88 Å². The Morgan fingerprint density at radius 3 is 2.65 bits per heavy atom. The van der Waals surface area contributed by atoms with Crippen LogP contribution in [0.15, 0.2) is 59.9 Å². The molecule has 0 radical (unpaired) electrons. The first-order valence-corrected chi connectivity index (χ1v) is 11.0. The number of carbonyl (C=O) groups excluding carboxylic acids is 1. The fourth-order valence-electron chi connectivity index (χ4n) is 3.17. The van der Waals surface area contributed by atoms with Gasteiger partial charge in [0.1, 0.15) is 5.69 Å². The van der Waals surface area contributed by atoms with E-state index in [9.17, 15) is 4.79 Å². The van der Waals surface area contributed by atoms with Crippen LogP contribution in [0.1, 0.15) is 5.56 Å². The van der Waals surface area contributed by atoms with E-state index in [0.29, 0.717) is 21.7 Å². The number of halogens is 1. The van der Waals surface area contributed by atoms with Crippen LogP contribution in [-0.4, -0.2) is 36.2 Å². The number of thioether (sulfide) groups is 1. The van der Waals surface area contributed by atoms with E-state index in [1.807, 2.05) is 74.2 Å². The summed E-state index contributed by atoms with van der Waals surface area (Å²) in [4.78, 5) is 12.4. The van der Waals surface area contributed by atoms with Gasteiger partial charge in [0.05, 0.1) is 22.0 Å². The standard InChI is InChI=1S/C22H21ClN6OS/c1-14-9-10-18(17(23)11-14)24-19(30)13-31-22-26-25-21(29(22)3)16-12-28(2)27-20(16)15-7-5-4-6-8-15/h4-12H,13H2,1-3H3,(H,24,30). The van der Waals surface area contributed by atoms with Crippen LogP contribution in [-0.2, 0) is 18.9 Å². The van der Waals surface area contributed by atoms with Gasteiger partial charge in [-0.2, -0.15) is 5.10 Å². The number of benzene rings is 2. The molecule has 0 saturated carbocycles. The van der Waals surface area contributed by atoms with Crippen molar-refractivity contribution >= 4 is 35.0 Å². The fraction of sp³-hybridized carbons (Fsp3) is 0.182. The van der Waals surface area contributed by atoms with Gasteiger partial charge in [-0.1, -0.05) is 59.8 Å². The van der Waals surface area contributed by atoms with Crippen molar-refractivity contribution in [3.8, 4) is 22.6 Å². The second kappa shape index (κ2) is 8.95. The number of aromatic nitrogens is 5. The smallest absolute Gasteiger partial charge is 0.234 e.